The molecule has 4 fully saturated rings. The number of piperidine rings is 2. The highest BCUT2D eigenvalue weighted by atomic mass is 16.5. The van der Waals surface area contributed by atoms with Gasteiger partial charge in [0.25, 0.3) is 0 Å². The predicted molar refractivity (Wildman–Crippen MR) is 98.0 cm³/mol. The van der Waals surface area contributed by atoms with Gasteiger partial charge in [-0.3, -0.25) is 9.69 Å². The average molecular weight is 348 g/mol. The molecule has 0 N–H and O–H groups in total. The lowest BCUT2D eigenvalue weighted by Crippen LogP contribution is -2.69. The maximum absolute atomic E-state index is 13.3. The van der Waals surface area contributed by atoms with Crippen molar-refractivity contribution >= 4 is 11.6 Å². The molecule has 1 aliphatic carbocycles. The van der Waals surface area contributed by atoms with E-state index in [-0.39, 0.29) is 17.4 Å². The molecule has 4 nitrogen and oxygen atoms in total. The zero-order valence-corrected chi connectivity index (χ0v) is 14.9. The van der Waals surface area contributed by atoms with Crippen molar-refractivity contribution in [2.45, 2.75) is 49.3 Å². The summed E-state index contributed by atoms with van der Waals surface area (Å²) in [6, 6.07) is 9.66. The van der Waals surface area contributed by atoms with Gasteiger partial charge >= 0.3 is 0 Å². The Morgan fingerprint density at radius 2 is 2.15 bits per heavy atom. The third kappa shape index (κ3) is 1.43. The van der Waals surface area contributed by atoms with E-state index in [9.17, 15) is 4.79 Å². The second-order valence-electron chi connectivity index (χ2n) is 9.10. The molecule has 4 heteroatoms. The van der Waals surface area contributed by atoms with Crippen molar-refractivity contribution in [3.05, 3.63) is 41.5 Å². The highest BCUT2D eigenvalue weighted by molar-refractivity contribution is 5.99. The summed E-state index contributed by atoms with van der Waals surface area (Å²) in [5, 5.41) is 0. The maximum Gasteiger partial charge on any atom is 0.229 e. The van der Waals surface area contributed by atoms with Crippen LogP contribution < -0.4 is 4.90 Å². The highest BCUT2D eigenvalue weighted by Crippen LogP contribution is 2.65. The van der Waals surface area contributed by atoms with Crippen molar-refractivity contribution in [3.63, 3.8) is 0 Å². The number of nitrogens with zero attached hydrogens (tertiary/aromatic N) is 2. The van der Waals surface area contributed by atoms with Crippen LogP contribution in [-0.4, -0.2) is 48.7 Å². The Labute approximate surface area is 153 Å². The quantitative estimate of drug-likeness (QED) is 0.676. The van der Waals surface area contributed by atoms with E-state index in [1.807, 2.05) is 0 Å². The summed E-state index contributed by atoms with van der Waals surface area (Å²) in [6.07, 6.45) is 6.57. The standard InChI is InChI=1S/C22H24N2O2/c25-19-11-17-20-14-10-18-22(7-8-23(18)12-13(14)4-3-9-26-17)15-5-1-2-6-16(15)24(19)21(20)22/h1-2,4-6,14,17-18,20-21H,3,7-12H2/b13-4-/t14?,17?,18-,20-,21?,22+/m0/s1. The molecule has 2 bridgehead atoms. The van der Waals surface area contributed by atoms with E-state index in [0.29, 0.717) is 30.3 Å². The third-order valence-electron chi connectivity index (χ3n) is 8.42. The fraction of sp³-hybridized carbons (Fsp3) is 0.591. The summed E-state index contributed by atoms with van der Waals surface area (Å²) in [7, 11) is 0. The van der Waals surface area contributed by atoms with Crippen LogP contribution in [0.15, 0.2) is 35.9 Å². The zero-order valence-electron chi connectivity index (χ0n) is 14.9. The second kappa shape index (κ2) is 4.60. The van der Waals surface area contributed by atoms with Gasteiger partial charge < -0.3 is 9.64 Å². The topological polar surface area (TPSA) is 32.8 Å². The van der Waals surface area contributed by atoms with Crippen LogP contribution in [0.4, 0.5) is 5.69 Å². The number of carbonyl (C=O) groups excluding carboxylic acids is 1. The van der Waals surface area contributed by atoms with Crippen molar-refractivity contribution in [1.82, 2.24) is 4.90 Å². The van der Waals surface area contributed by atoms with Crippen molar-refractivity contribution in [2.24, 2.45) is 11.8 Å². The van der Waals surface area contributed by atoms with E-state index >= 15 is 0 Å². The smallest absolute Gasteiger partial charge is 0.229 e. The Morgan fingerprint density at radius 3 is 3.12 bits per heavy atom. The first kappa shape index (κ1) is 14.4. The van der Waals surface area contributed by atoms with E-state index in [1.165, 1.54) is 30.6 Å². The molecule has 5 heterocycles. The minimum Gasteiger partial charge on any atom is -0.377 e. The Bertz CT molecular complexity index is 863. The number of carbonyl (C=O) groups is 1. The molecule has 6 aliphatic rings. The molecule has 5 aliphatic heterocycles. The largest absolute Gasteiger partial charge is 0.377 e. The Kier molecular flexibility index (Phi) is 2.55. The fourth-order valence-corrected chi connectivity index (χ4v) is 7.69. The molecule has 1 saturated carbocycles. The van der Waals surface area contributed by atoms with Crippen LogP contribution in [0.5, 0.6) is 0 Å². The molecule has 6 atom stereocenters. The van der Waals surface area contributed by atoms with Crippen molar-refractivity contribution in [2.75, 3.05) is 24.6 Å². The molecule has 7 rings (SSSR count). The maximum atomic E-state index is 13.3. The number of fused-ring (bicyclic) bond motifs is 2. The SMILES string of the molecule is O=C1CC2OCC/C=C3/CN4CC[C@]56c7ccccc7N1C5[C@H]2C3C[C@H]46. The first-order chi connectivity index (χ1) is 12.8. The number of benzene rings is 1. The predicted octanol–water partition coefficient (Wildman–Crippen LogP) is 2.48. The summed E-state index contributed by atoms with van der Waals surface area (Å²) in [5.41, 5.74) is 4.41. The van der Waals surface area contributed by atoms with Gasteiger partial charge in [0.2, 0.25) is 5.91 Å². The van der Waals surface area contributed by atoms with Gasteiger partial charge in [-0.2, -0.15) is 0 Å². The molecule has 1 aromatic carbocycles. The van der Waals surface area contributed by atoms with Gasteiger partial charge in [0.1, 0.15) is 0 Å². The molecule has 134 valence electrons. The van der Waals surface area contributed by atoms with E-state index in [1.54, 1.807) is 5.57 Å². The van der Waals surface area contributed by atoms with E-state index < -0.39 is 0 Å². The molecule has 0 radical (unpaired) electrons. The van der Waals surface area contributed by atoms with Crippen molar-refractivity contribution in [1.29, 1.82) is 0 Å². The Hall–Kier alpha value is -1.65. The lowest BCUT2D eigenvalue weighted by molar-refractivity contribution is -0.135. The van der Waals surface area contributed by atoms with E-state index in [2.05, 4.69) is 40.1 Å². The lowest BCUT2D eigenvalue weighted by atomic mass is 9.53. The summed E-state index contributed by atoms with van der Waals surface area (Å²) in [4.78, 5) is 18.2. The van der Waals surface area contributed by atoms with Gasteiger partial charge in [-0.25, -0.2) is 0 Å². The third-order valence-corrected chi connectivity index (χ3v) is 8.42. The number of anilines is 1. The van der Waals surface area contributed by atoms with Crippen LogP contribution in [0, 0.1) is 11.8 Å². The number of rotatable bonds is 0. The van der Waals surface area contributed by atoms with Gasteiger partial charge in [-0.05, 0) is 43.4 Å². The number of ether oxygens (including phenoxy) is 1. The molecule has 1 spiro atoms. The summed E-state index contributed by atoms with van der Waals surface area (Å²) in [5.74, 6) is 1.34. The second-order valence-corrected chi connectivity index (χ2v) is 9.10. The molecule has 1 aromatic rings. The molecule has 3 saturated heterocycles. The number of para-hydroxylation sites is 1. The van der Waals surface area contributed by atoms with Crippen molar-refractivity contribution in [3.8, 4) is 0 Å². The Balaban J connectivity index is 1.53. The molecule has 3 unspecified atom stereocenters. The first-order valence-electron chi connectivity index (χ1n) is 10.3. The zero-order chi connectivity index (χ0) is 17.0. The van der Waals surface area contributed by atoms with Crippen LogP contribution in [0.3, 0.4) is 0 Å². The number of hydrogen-bond acceptors (Lipinski definition) is 3. The lowest BCUT2D eigenvalue weighted by Gasteiger charge is -2.59. The monoisotopic (exact) mass is 348 g/mol. The molecule has 0 aromatic heterocycles. The Morgan fingerprint density at radius 1 is 1.23 bits per heavy atom. The summed E-state index contributed by atoms with van der Waals surface area (Å²) in [6.45, 7) is 3.07. The van der Waals surface area contributed by atoms with Crippen LogP contribution in [0.1, 0.15) is 31.2 Å². The van der Waals surface area contributed by atoms with Crippen LogP contribution in [0.2, 0.25) is 0 Å². The van der Waals surface area contributed by atoms with E-state index in [4.69, 9.17) is 4.74 Å². The summed E-state index contributed by atoms with van der Waals surface area (Å²) >= 11 is 0. The molecule has 26 heavy (non-hydrogen) atoms. The first-order valence-corrected chi connectivity index (χ1v) is 10.3. The van der Waals surface area contributed by atoms with Crippen LogP contribution in [-0.2, 0) is 14.9 Å². The van der Waals surface area contributed by atoms with Gasteiger partial charge in [-0.15, -0.1) is 0 Å². The molecule has 1 amide bonds. The van der Waals surface area contributed by atoms with Gasteiger partial charge in [0, 0.05) is 29.6 Å². The number of hydrogen-bond donors (Lipinski definition) is 0. The van der Waals surface area contributed by atoms with E-state index in [0.717, 1.165) is 19.6 Å². The van der Waals surface area contributed by atoms with Gasteiger partial charge in [-0.1, -0.05) is 29.8 Å². The van der Waals surface area contributed by atoms with Crippen LogP contribution in [0.25, 0.3) is 0 Å². The average Bonchev–Trinajstić information content (AvgIpc) is 3.18. The number of amides is 1. The molecular formula is C22H24N2O2. The van der Waals surface area contributed by atoms with Gasteiger partial charge in [0.05, 0.1) is 25.2 Å². The highest BCUT2D eigenvalue weighted by Gasteiger charge is 2.70. The van der Waals surface area contributed by atoms with Gasteiger partial charge in [0.15, 0.2) is 0 Å². The minimum atomic E-state index is 0.108. The minimum absolute atomic E-state index is 0.108. The fourth-order valence-electron chi connectivity index (χ4n) is 7.69. The molecular weight excluding hydrogens is 324 g/mol. The van der Waals surface area contributed by atoms with Crippen LogP contribution >= 0.6 is 0 Å². The normalized spacial score (nSPS) is 47.1. The summed E-state index contributed by atoms with van der Waals surface area (Å²) < 4.78 is 6.32. The van der Waals surface area contributed by atoms with Crippen molar-refractivity contribution < 1.29 is 9.53 Å².